The van der Waals surface area contributed by atoms with Gasteiger partial charge in [0.1, 0.15) is 0 Å². The smallest absolute Gasteiger partial charge is 0.0631 e. The molecule has 0 bridgehead atoms. The maximum atomic E-state index is 6.41. The van der Waals surface area contributed by atoms with Gasteiger partial charge in [0.05, 0.1) is 12.3 Å². The van der Waals surface area contributed by atoms with Gasteiger partial charge in [-0.25, -0.2) is 0 Å². The van der Waals surface area contributed by atoms with Crippen molar-refractivity contribution in [3.63, 3.8) is 0 Å². The van der Waals surface area contributed by atoms with Gasteiger partial charge in [-0.15, -0.1) is 0 Å². The number of methoxy groups -OCH3 is 1. The molecule has 3 rings (SSSR count). The Hall–Kier alpha value is -0.910. The molecule has 0 saturated heterocycles. The maximum Gasteiger partial charge on any atom is 0.0631 e. The monoisotopic (exact) mass is 391 g/mol. The predicted octanol–water partition coefficient (Wildman–Crippen LogP) is 4.89. The van der Waals surface area contributed by atoms with Crippen LogP contribution in [0.3, 0.4) is 0 Å². The van der Waals surface area contributed by atoms with Crippen LogP contribution in [0.2, 0.25) is 0 Å². The Labute approximate surface area is 171 Å². The van der Waals surface area contributed by atoms with E-state index in [1.165, 1.54) is 69.0 Å². The Morgan fingerprint density at radius 3 is 2.79 bits per heavy atom. The van der Waals surface area contributed by atoms with Crippen LogP contribution in [0, 0.1) is 5.41 Å². The molecule has 2 aliphatic rings. The summed E-state index contributed by atoms with van der Waals surface area (Å²) in [6, 6.07) is 0. The van der Waals surface area contributed by atoms with Gasteiger partial charge in [-0.3, -0.25) is 5.10 Å². The first-order chi connectivity index (χ1) is 13.7. The van der Waals surface area contributed by atoms with E-state index in [-0.39, 0.29) is 0 Å². The lowest BCUT2D eigenvalue weighted by atomic mass is 9.65. The van der Waals surface area contributed by atoms with Crippen molar-refractivity contribution in [1.82, 2.24) is 15.1 Å². The number of nitrogens with one attached hydrogen (secondary N) is 1. The van der Waals surface area contributed by atoms with Crippen LogP contribution in [0.5, 0.6) is 0 Å². The third kappa shape index (κ3) is 5.37. The highest BCUT2D eigenvalue weighted by molar-refractivity contribution is 5.22. The van der Waals surface area contributed by atoms with E-state index in [4.69, 9.17) is 9.47 Å². The summed E-state index contributed by atoms with van der Waals surface area (Å²) in [4.78, 5) is 2.44. The number of nitrogens with zero attached hydrogens (tertiary/aromatic N) is 2. The van der Waals surface area contributed by atoms with Crippen molar-refractivity contribution in [3.05, 3.63) is 17.5 Å². The first kappa shape index (κ1) is 21.8. The van der Waals surface area contributed by atoms with Crippen LogP contribution in [0.4, 0.5) is 0 Å². The largest absolute Gasteiger partial charge is 0.385 e. The Balaban J connectivity index is 1.63. The first-order valence-corrected chi connectivity index (χ1v) is 11.5. The van der Waals surface area contributed by atoms with Crippen LogP contribution in [-0.4, -0.2) is 55.1 Å². The molecule has 1 spiro atoms. The maximum absolute atomic E-state index is 6.41. The summed E-state index contributed by atoms with van der Waals surface area (Å²) in [5.41, 5.74) is 3.18. The Morgan fingerprint density at radius 1 is 1.21 bits per heavy atom. The molecule has 2 atom stereocenters. The second-order valence-electron chi connectivity index (χ2n) is 9.15. The van der Waals surface area contributed by atoms with Gasteiger partial charge in [0, 0.05) is 44.0 Å². The molecule has 160 valence electrons. The van der Waals surface area contributed by atoms with Gasteiger partial charge in [0.25, 0.3) is 0 Å². The van der Waals surface area contributed by atoms with Crippen molar-refractivity contribution in [2.24, 2.45) is 5.41 Å². The molecule has 0 aliphatic heterocycles. The fourth-order valence-corrected chi connectivity index (χ4v) is 5.52. The van der Waals surface area contributed by atoms with Crippen molar-refractivity contribution in [3.8, 4) is 0 Å². The molecule has 5 nitrogen and oxygen atoms in total. The predicted molar refractivity (Wildman–Crippen MR) is 114 cm³/mol. The van der Waals surface area contributed by atoms with Gasteiger partial charge in [-0.05, 0) is 64.0 Å². The number of hydrogen-bond acceptors (Lipinski definition) is 4. The molecule has 2 aliphatic carbocycles. The summed E-state index contributed by atoms with van der Waals surface area (Å²) < 4.78 is 11.6. The molecule has 0 unspecified atom stereocenters. The number of unbranched alkanes of at least 4 members (excludes halogenated alkanes) is 1. The van der Waals surface area contributed by atoms with Crippen LogP contribution >= 0.6 is 0 Å². The quantitative estimate of drug-likeness (QED) is 0.546. The van der Waals surface area contributed by atoms with E-state index >= 15 is 0 Å². The fraction of sp³-hybridized carbons (Fsp3) is 0.870. The molecular weight excluding hydrogens is 350 g/mol. The molecule has 2 saturated carbocycles. The van der Waals surface area contributed by atoms with E-state index in [9.17, 15) is 0 Å². The van der Waals surface area contributed by atoms with E-state index in [1.807, 2.05) is 0 Å². The normalized spacial score (nSPS) is 24.4. The first-order valence-electron chi connectivity index (χ1n) is 11.5. The summed E-state index contributed by atoms with van der Waals surface area (Å²) in [5.74, 6) is 0.606. The van der Waals surface area contributed by atoms with Gasteiger partial charge < -0.3 is 14.4 Å². The molecule has 1 aromatic heterocycles. The number of aromatic amines is 1. The van der Waals surface area contributed by atoms with Gasteiger partial charge in [0.15, 0.2) is 0 Å². The minimum Gasteiger partial charge on any atom is -0.385 e. The van der Waals surface area contributed by atoms with Gasteiger partial charge in [-0.1, -0.05) is 26.2 Å². The lowest BCUT2D eigenvalue weighted by Gasteiger charge is -2.44. The second-order valence-corrected chi connectivity index (χ2v) is 9.15. The van der Waals surface area contributed by atoms with E-state index in [2.05, 4.69) is 35.3 Å². The number of ether oxygens (including phenoxy) is 2. The molecular formula is C23H41N3O2. The lowest BCUT2D eigenvalue weighted by Crippen LogP contribution is -2.41. The van der Waals surface area contributed by atoms with Crippen LogP contribution in [-0.2, 0) is 16.0 Å². The molecule has 5 heteroatoms. The standard InChI is InChI=1S/C23H41N3O2/c1-4-5-13-26(2)18-20-17-24-25-22(20)19-9-10-21(28-15-8-14-27-3)23(16-19)11-6-7-12-23/h17,19,21H,4-16,18H2,1-3H3,(H,24,25)/t19-,21+/m1/s1. The zero-order valence-electron chi connectivity index (χ0n) is 18.3. The number of aromatic nitrogens is 2. The molecule has 28 heavy (non-hydrogen) atoms. The summed E-state index contributed by atoms with van der Waals surface area (Å²) >= 11 is 0. The van der Waals surface area contributed by atoms with Crippen LogP contribution in [0.1, 0.15) is 88.3 Å². The van der Waals surface area contributed by atoms with E-state index in [1.54, 1.807) is 7.11 Å². The van der Waals surface area contributed by atoms with Gasteiger partial charge in [0.2, 0.25) is 0 Å². The minimum atomic E-state index is 0.381. The SMILES string of the molecule is CCCCN(C)Cc1cn[nH]c1[C@@H]1CC[C@H](OCCCOC)C2(CCCC2)C1. The van der Waals surface area contributed by atoms with Crippen molar-refractivity contribution >= 4 is 0 Å². The van der Waals surface area contributed by atoms with E-state index in [0.29, 0.717) is 17.4 Å². The molecule has 1 aromatic rings. The highest BCUT2D eigenvalue weighted by atomic mass is 16.5. The third-order valence-electron chi connectivity index (χ3n) is 7.02. The zero-order valence-corrected chi connectivity index (χ0v) is 18.3. The highest BCUT2D eigenvalue weighted by Crippen LogP contribution is 2.54. The Kier molecular flexibility index (Phi) is 8.36. The molecule has 0 aromatic carbocycles. The van der Waals surface area contributed by atoms with Gasteiger partial charge >= 0.3 is 0 Å². The van der Waals surface area contributed by atoms with E-state index < -0.39 is 0 Å². The average Bonchev–Trinajstić information content (AvgIpc) is 3.35. The van der Waals surface area contributed by atoms with Crippen LogP contribution in [0.25, 0.3) is 0 Å². The Bertz CT molecular complexity index is 568. The van der Waals surface area contributed by atoms with Crippen molar-refractivity contribution < 1.29 is 9.47 Å². The molecule has 0 radical (unpaired) electrons. The summed E-state index contributed by atoms with van der Waals surface area (Å²) in [6.45, 7) is 6.06. The number of hydrogen-bond donors (Lipinski definition) is 1. The van der Waals surface area contributed by atoms with E-state index in [0.717, 1.165) is 32.7 Å². The summed E-state index contributed by atoms with van der Waals surface area (Å²) in [5, 5.41) is 7.82. The summed E-state index contributed by atoms with van der Waals surface area (Å²) in [7, 11) is 4.00. The van der Waals surface area contributed by atoms with Gasteiger partial charge in [-0.2, -0.15) is 5.10 Å². The molecule has 1 N–H and O–H groups in total. The average molecular weight is 392 g/mol. The molecule has 0 amide bonds. The number of H-pyrrole nitrogens is 1. The topological polar surface area (TPSA) is 50.4 Å². The molecule has 2 fully saturated rings. The van der Waals surface area contributed by atoms with Crippen LogP contribution in [0.15, 0.2) is 6.20 Å². The third-order valence-corrected chi connectivity index (χ3v) is 7.02. The van der Waals surface area contributed by atoms with Crippen molar-refractivity contribution in [2.75, 3.05) is 33.9 Å². The van der Waals surface area contributed by atoms with Crippen molar-refractivity contribution in [1.29, 1.82) is 0 Å². The zero-order chi connectivity index (χ0) is 19.8. The number of rotatable bonds is 11. The van der Waals surface area contributed by atoms with Crippen LogP contribution < -0.4 is 0 Å². The summed E-state index contributed by atoms with van der Waals surface area (Å²) in [6.07, 6.45) is 15.0. The van der Waals surface area contributed by atoms with Crippen molar-refractivity contribution in [2.45, 2.75) is 89.7 Å². The fourth-order valence-electron chi connectivity index (χ4n) is 5.52. The second kappa shape index (κ2) is 10.7. The highest BCUT2D eigenvalue weighted by Gasteiger charge is 2.47. The lowest BCUT2D eigenvalue weighted by molar-refractivity contribution is -0.0736. The minimum absolute atomic E-state index is 0.381. The Morgan fingerprint density at radius 2 is 2.04 bits per heavy atom. The molecule has 1 heterocycles.